The Kier molecular flexibility index (Phi) is 5.46. The Hall–Kier alpha value is -2.05. The fourth-order valence-electron chi connectivity index (χ4n) is 5.59. The summed E-state index contributed by atoms with van der Waals surface area (Å²) in [6.45, 7) is 8.15. The van der Waals surface area contributed by atoms with Crippen molar-refractivity contribution in [2.75, 3.05) is 42.8 Å². The van der Waals surface area contributed by atoms with Gasteiger partial charge in [0, 0.05) is 61.3 Å². The van der Waals surface area contributed by atoms with Crippen LogP contribution in [-0.2, 0) is 14.3 Å². The first-order chi connectivity index (χ1) is 14.6. The molecule has 0 bridgehead atoms. The lowest BCUT2D eigenvalue weighted by Crippen LogP contribution is -2.41. The SMILES string of the molecule is CC1CCC(C)N1c1ccc2c(c1)/C(=C1\CCOCCN1)C(=O)N2C1CCOCC1. The van der Waals surface area contributed by atoms with Crippen LogP contribution in [0.5, 0.6) is 0 Å². The molecule has 4 heterocycles. The second-order valence-corrected chi connectivity index (χ2v) is 9.05. The number of hydrogen-bond donors (Lipinski definition) is 1. The highest BCUT2D eigenvalue weighted by Gasteiger charge is 2.40. The molecule has 1 aromatic rings. The molecule has 0 aliphatic carbocycles. The van der Waals surface area contributed by atoms with Crippen LogP contribution in [-0.4, -0.2) is 57.0 Å². The van der Waals surface area contributed by atoms with E-state index in [1.54, 1.807) is 0 Å². The van der Waals surface area contributed by atoms with Crippen LogP contribution in [0.1, 0.15) is 51.5 Å². The van der Waals surface area contributed by atoms with E-state index in [1.807, 2.05) is 4.90 Å². The minimum Gasteiger partial charge on any atom is -0.385 e. The Morgan fingerprint density at radius 1 is 0.967 bits per heavy atom. The van der Waals surface area contributed by atoms with E-state index in [2.05, 4.69) is 42.3 Å². The van der Waals surface area contributed by atoms with E-state index < -0.39 is 0 Å². The van der Waals surface area contributed by atoms with Gasteiger partial charge in [-0.25, -0.2) is 0 Å². The van der Waals surface area contributed by atoms with E-state index in [0.29, 0.717) is 25.3 Å². The van der Waals surface area contributed by atoms with Crippen molar-refractivity contribution in [1.29, 1.82) is 0 Å². The summed E-state index contributed by atoms with van der Waals surface area (Å²) in [5.41, 5.74) is 5.26. The number of fused-ring (bicyclic) bond motifs is 1. The van der Waals surface area contributed by atoms with Crippen LogP contribution >= 0.6 is 0 Å². The van der Waals surface area contributed by atoms with Gasteiger partial charge in [-0.1, -0.05) is 0 Å². The predicted molar refractivity (Wildman–Crippen MR) is 119 cm³/mol. The standard InChI is InChI=1S/C24H33N3O3/c1-16-3-4-17(2)26(16)19-5-6-22-20(15-19)23(21-9-13-30-14-10-25-21)24(28)27(22)18-7-11-29-12-8-18/h5-6,15-18,25H,3-4,7-14H2,1-2H3/b23-21-. The van der Waals surface area contributed by atoms with Crippen LogP contribution < -0.4 is 15.1 Å². The number of ether oxygens (including phenoxy) is 2. The number of anilines is 2. The highest BCUT2D eigenvalue weighted by atomic mass is 16.5. The fraction of sp³-hybridized carbons (Fsp3) is 0.625. The van der Waals surface area contributed by atoms with Gasteiger partial charge < -0.3 is 24.6 Å². The molecule has 6 nitrogen and oxygen atoms in total. The lowest BCUT2D eigenvalue weighted by atomic mass is 10.0. The molecule has 5 rings (SSSR count). The molecule has 0 saturated carbocycles. The normalized spacial score (nSPS) is 30.4. The molecular weight excluding hydrogens is 378 g/mol. The highest BCUT2D eigenvalue weighted by Crippen LogP contribution is 2.44. The lowest BCUT2D eigenvalue weighted by molar-refractivity contribution is -0.113. The maximum Gasteiger partial charge on any atom is 0.261 e. The van der Waals surface area contributed by atoms with Crippen molar-refractivity contribution in [2.24, 2.45) is 0 Å². The zero-order chi connectivity index (χ0) is 20.7. The number of nitrogens with one attached hydrogen (secondary N) is 1. The first-order valence-corrected chi connectivity index (χ1v) is 11.5. The molecule has 1 N–H and O–H groups in total. The number of rotatable bonds is 2. The Bertz CT molecular complexity index is 826. The van der Waals surface area contributed by atoms with Gasteiger partial charge in [-0.2, -0.15) is 0 Å². The average Bonchev–Trinajstić information content (AvgIpc) is 3.09. The van der Waals surface area contributed by atoms with Crippen LogP contribution in [0.2, 0.25) is 0 Å². The van der Waals surface area contributed by atoms with Gasteiger partial charge in [-0.15, -0.1) is 0 Å². The van der Waals surface area contributed by atoms with E-state index >= 15 is 0 Å². The third kappa shape index (κ3) is 3.40. The number of carbonyl (C=O) groups excluding carboxylic acids is 1. The van der Waals surface area contributed by atoms with Gasteiger partial charge >= 0.3 is 0 Å². The predicted octanol–water partition coefficient (Wildman–Crippen LogP) is 3.31. The van der Waals surface area contributed by atoms with Crippen LogP contribution in [0.25, 0.3) is 5.57 Å². The topological polar surface area (TPSA) is 54.0 Å². The van der Waals surface area contributed by atoms with Crippen LogP contribution in [0, 0.1) is 0 Å². The Balaban J connectivity index is 1.60. The fourth-order valence-corrected chi connectivity index (χ4v) is 5.59. The minimum atomic E-state index is 0.140. The van der Waals surface area contributed by atoms with Gasteiger partial charge in [-0.3, -0.25) is 4.79 Å². The third-order valence-corrected chi connectivity index (χ3v) is 7.13. The molecule has 2 atom stereocenters. The molecule has 0 radical (unpaired) electrons. The van der Waals surface area contributed by atoms with Gasteiger partial charge in [0.15, 0.2) is 0 Å². The number of nitrogens with zero attached hydrogens (tertiary/aromatic N) is 2. The van der Waals surface area contributed by atoms with Gasteiger partial charge in [0.2, 0.25) is 0 Å². The molecule has 4 aliphatic rings. The molecule has 162 valence electrons. The molecule has 4 aliphatic heterocycles. The summed E-state index contributed by atoms with van der Waals surface area (Å²) in [6, 6.07) is 7.93. The Labute approximate surface area is 179 Å². The lowest BCUT2D eigenvalue weighted by Gasteiger charge is -2.32. The highest BCUT2D eigenvalue weighted by molar-refractivity contribution is 6.33. The second kappa shape index (κ2) is 8.23. The average molecular weight is 412 g/mol. The van der Waals surface area contributed by atoms with Crippen molar-refractivity contribution in [3.05, 3.63) is 29.5 Å². The van der Waals surface area contributed by atoms with Crippen LogP contribution in [0.3, 0.4) is 0 Å². The summed E-state index contributed by atoms with van der Waals surface area (Å²) in [4.78, 5) is 18.3. The van der Waals surface area contributed by atoms with E-state index in [4.69, 9.17) is 9.47 Å². The second-order valence-electron chi connectivity index (χ2n) is 9.05. The van der Waals surface area contributed by atoms with E-state index in [0.717, 1.165) is 61.5 Å². The minimum absolute atomic E-state index is 0.140. The number of hydrogen-bond acceptors (Lipinski definition) is 5. The molecule has 3 fully saturated rings. The molecule has 3 saturated heterocycles. The molecule has 0 aromatic heterocycles. The summed E-state index contributed by atoms with van der Waals surface area (Å²) < 4.78 is 11.2. The smallest absolute Gasteiger partial charge is 0.261 e. The maximum absolute atomic E-state index is 13.8. The third-order valence-electron chi connectivity index (χ3n) is 7.13. The van der Waals surface area contributed by atoms with Crippen molar-refractivity contribution in [1.82, 2.24) is 5.32 Å². The van der Waals surface area contributed by atoms with Crippen LogP contribution in [0.4, 0.5) is 11.4 Å². The Morgan fingerprint density at radius 2 is 1.70 bits per heavy atom. The van der Waals surface area contributed by atoms with Crippen molar-refractivity contribution >= 4 is 22.9 Å². The van der Waals surface area contributed by atoms with E-state index in [9.17, 15) is 4.79 Å². The number of carbonyl (C=O) groups is 1. The maximum atomic E-state index is 13.8. The summed E-state index contributed by atoms with van der Waals surface area (Å²) in [5, 5.41) is 3.49. The van der Waals surface area contributed by atoms with Gasteiger partial charge in [0.05, 0.1) is 24.5 Å². The summed E-state index contributed by atoms with van der Waals surface area (Å²) in [7, 11) is 0. The molecule has 2 unspecified atom stereocenters. The largest absolute Gasteiger partial charge is 0.385 e. The van der Waals surface area contributed by atoms with Crippen molar-refractivity contribution in [3.8, 4) is 0 Å². The summed E-state index contributed by atoms with van der Waals surface area (Å²) in [6.07, 6.45) is 4.98. The molecule has 6 heteroatoms. The quantitative estimate of drug-likeness (QED) is 0.757. The first kappa shape index (κ1) is 19.9. The Morgan fingerprint density at radius 3 is 2.47 bits per heavy atom. The van der Waals surface area contributed by atoms with Gasteiger partial charge in [0.25, 0.3) is 5.91 Å². The van der Waals surface area contributed by atoms with Gasteiger partial charge in [0.1, 0.15) is 0 Å². The van der Waals surface area contributed by atoms with Crippen LogP contribution in [0.15, 0.2) is 23.9 Å². The zero-order valence-electron chi connectivity index (χ0n) is 18.2. The van der Waals surface area contributed by atoms with Crippen molar-refractivity contribution < 1.29 is 14.3 Å². The van der Waals surface area contributed by atoms with Crippen molar-refractivity contribution in [3.63, 3.8) is 0 Å². The molecule has 0 spiro atoms. The van der Waals surface area contributed by atoms with E-state index in [1.165, 1.54) is 18.5 Å². The van der Waals surface area contributed by atoms with E-state index in [-0.39, 0.29) is 11.9 Å². The number of amides is 1. The monoisotopic (exact) mass is 411 g/mol. The zero-order valence-corrected chi connectivity index (χ0v) is 18.2. The molecule has 1 amide bonds. The summed E-state index contributed by atoms with van der Waals surface area (Å²) >= 11 is 0. The summed E-state index contributed by atoms with van der Waals surface area (Å²) in [5.74, 6) is 0.140. The number of benzene rings is 1. The van der Waals surface area contributed by atoms with Gasteiger partial charge in [-0.05, 0) is 57.7 Å². The first-order valence-electron chi connectivity index (χ1n) is 11.5. The molecular formula is C24H33N3O3. The molecule has 30 heavy (non-hydrogen) atoms. The van der Waals surface area contributed by atoms with Crippen molar-refractivity contribution in [2.45, 2.75) is 64.1 Å². The molecule has 1 aromatic carbocycles.